The molecule has 0 aliphatic rings. The molecular weight excluding hydrogens is 248 g/mol. The average Bonchev–Trinajstić information content (AvgIpc) is 2.40. The molecule has 19 heavy (non-hydrogen) atoms. The van der Waals surface area contributed by atoms with Crippen LogP contribution in [-0.2, 0) is 14.3 Å². The number of nitrogens with one attached hydrogen (secondary N) is 2. The highest BCUT2D eigenvalue weighted by atomic mass is 16.7. The molecule has 6 nitrogen and oxygen atoms in total. The van der Waals surface area contributed by atoms with Crippen LogP contribution in [0.3, 0.4) is 0 Å². The zero-order chi connectivity index (χ0) is 14.1. The molecule has 0 bridgehead atoms. The molecule has 1 radical (unpaired) electrons. The number of amides is 1. The Morgan fingerprint density at radius 3 is 2.63 bits per heavy atom. The van der Waals surface area contributed by atoms with Crippen LogP contribution in [0.5, 0.6) is 0 Å². The molecule has 101 valence electrons. The number of esters is 1. The largest absolute Gasteiger partial charge is 0.428 e. The minimum absolute atomic E-state index is 0.0983. The van der Waals surface area contributed by atoms with E-state index in [-0.39, 0.29) is 12.3 Å². The van der Waals surface area contributed by atoms with Crippen LogP contribution >= 0.6 is 0 Å². The van der Waals surface area contributed by atoms with Crippen LogP contribution in [0.1, 0.15) is 25.3 Å². The van der Waals surface area contributed by atoms with Gasteiger partial charge in [0.15, 0.2) is 0 Å². The van der Waals surface area contributed by atoms with Crippen LogP contribution in [-0.4, -0.2) is 24.7 Å². The molecule has 1 aromatic rings. The molecule has 1 aromatic carbocycles. The number of carbonyl (C=O) groups excluding carboxylic acids is 2. The van der Waals surface area contributed by atoms with Crippen molar-refractivity contribution in [2.45, 2.75) is 19.8 Å². The van der Waals surface area contributed by atoms with Gasteiger partial charge in [-0.1, -0.05) is 31.2 Å². The summed E-state index contributed by atoms with van der Waals surface area (Å²) in [6, 6.07) is 9.32. The van der Waals surface area contributed by atoms with E-state index in [1.54, 1.807) is 24.3 Å². The second kappa shape index (κ2) is 7.86. The Balaban J connectivity index is 2.28. The lowest BCUT2D eigenvalue weighted by atomic mass is 10.2. The fourth-order valence-electron chi connectivity index (χ4n) is 1.19. The lowest BCUT2D eigenvalue weighted by molar-refractivity contribution is -0.151. The van der Waals surface area contributed by atoms with Gasteiger partial charge in [-0.25, -0.2) is 4.79 Å². The van der Waals surface area contributed by atoms with E-state index in [9.17, 15) is 9.59 Å². The van der Waals surface area contributed by atoms with Crippen molar-refractivity contribution >= 4 is 17.9 Å². The van der Waals surface area contributed by atoms with E-state index in [2.05, 4.69) is 20.9 Å². The van der Waals surface area contributed by atoms with Crippen molar-refractivity contribution in [3.8, 4) is 0 Å². The van der Waals surface area contributed by atoms with E-state index in [4.69, 9.17) is 5.41 Å². The minimum Gasteiger partial charge on any atom is -0.428 e. The molecule has 1 amide bonds. The summed E-state index contributed by atoms with van der Waals surface area (Å²) in [6.07, 6.45) is 0.101. The summed E-state index contributed by atoms with van der Waals surface area (Å²) in [5.41, 5.74) is 0.527. The van der Waals surface area contributed by atoms with Crippen LogP contribution in [0, 0.1) is 11.5 Å². The number of hydrogen-bond donors (Lipinski definition) is 2. The van der Waals surface area contributed by atoms with Crippen LogP contribution < -0.4 is 5.32 Å². The maximum Gasteiger partial charge on any atom is 0.415 e. The van der Waals surface area contributed by atoms with Crippen molar-refractivity contribution < 1.29 is 19.1 Å². The van der Waals surface area contributed by atoms with E-state index in [1.807, 2.05) is 6.92 Å². The fourth-order valence-corrected chi connectivity index (χ4v) is 1.19. The number of ether oxygens (including phenoxy) is 2. The summed E-state index contributed by atoms with van der Waals surface area (Å²) in [5.74, 6) is -0.525. The maximum absolute atomic E-state index is 11.3. The average molecular weight is 263 g/mol. The Morgan fingerprint density at radius 1 is 1.32 bits per heavy atom. The molecule has 0 spiro atoms. The lowest BCUT2D eigenvalue weighted by Gasteiger charge is -2.08. The molecule has 6 heteroatoms. The fraction of sp³-hybridized carbons (Fsp3) is 0.308. The van der Waals surface area contributed by atoms with E-state index < -0.39 is 18.9 Å². The van der Waals surface area contributed by atoms with Gasteiger partial charge in [-0.3, -0.25) is 15.5 Å². The summed E-state index contributed by atoms with van der Waals surface area (Å²) < 4.78 is 9.25. The summed E-state index contributed by atoms with van der Waals surface area (Å²) in [5, 5.41) is 9.83. The van der Waals surface area contributed by atoms with Gasteiger partial charge in [0.05, 0.1) is 0 Å². The Kier molecular flexibility index (Phi) is 6.08. The molecule has 0 atom stereocenters. The maximum atomic E-state index is 11.3. The molecule has 0 heterocycles. The molecule has 0 saturated heterocycles. The summed E-state index contributed by atoms with van der Waals surface area (Å²) in [6.45, 7) is 1.38. The first-order chi connectivity index (χ1) is 9.13. The SMILES string of the molecule is CCCC(=O)OCOC(=O)NC(=N)c1cc[c]cc1. The quantitative estimate of drug-likeness (QED) is 0.367. The van der Waals surface area contributed by atoms with Crippen LogP contribution in [0.4, 0.5) is 4.79 Å². The second-order valence-corrected chi connectivity index (χ2v) is 3.60. The van der Waals surface area contributed by atoms with E-state index in [0.29, 0.717) is 12.0 Å². The number of hydrogen-bond acceptors (Lipinski definition) is 5. The van der Waals surface area contributed by atoms with Crippen molar-refractivity contribution in [1.29, 1.82) is 5.41 Å². The molecule has 0 aliphatic carbocycles. The second-order valence-electron chi connectivity index (χ2n) is 3.60. The smallest absolute Gasteiger partial charge is 0.415 e. The van der Waals surface area contributed by atoms with Gasteiger partial charge in [0.25, 0.3) is 0 Å². The van der Waals surface area contributed by atoms with Crippen LogP contribution in [0.25, 0.3) is 0 Å². The van der Waals surface area contributed by atoms with E-state index >= 15 is 0 Å². The number of rotatable bonds is 5. The van der Waals surface area contributed by atoms with Crippen LogP contribution in [0.15, 0.2) is 24.3 Å². The van der Waals surface area contributed by atoms with Gasteiger partial charge in [-0.2, -0.15) is 0 Å². The first-order valence-corrected chi connectivity index (χ1v) is 5.78. The van der Waals surface area contributed by atoms with Gasteiger partial charge >= 0.3 is 12.1 Å². The van der Waals surface area contributed by atoms with E-state index in [1.165, 1.54) is 0 Å². The van der Waals surface area contributed by atoms with Crippen molar-refractivity contribution in [2.75, 3.05) is 6.79 Å². The third-order valence-corrected chi connectivity index (χ3v) is 2.10. The monoisotopic (exact) mass is 263 g/mol. The number of carbonyl (C=O) groups is 2. The minimum atomic E-state index is -0.845. The number of alkyl carbamates (subject to hydrolysis) is 1. The first kappa shape index (κ1) is 14.7. The van der Waals surface area contributed by atoms with E-state index in [0.717, 1.165) is 0 Å². The van der Waals surface area contributed by atoms with Crippen molar-refractivity contribution in [2.24, 2.45) is 0 Å². The summed E-state index contributed by atoms with van der Waals surface area (Å²) in [4.78, 5) is 22.3. The van der Waals surface area contributed by atoms with Gasteiger partial charge in [0.2, 0.25) is 6.79 Å². The standard InChI is InChI=1S/C13H15N2O4/c1-2-6-11(16)18-9-19-13(17)15-12(14)10-7-4-3-5-8-10/h4-5,7-8H,2,6,9H2,1H3,(H2,14,15,17). The van der Waals surface area contributed by atoms with Gasteiger partial charge < -0.3 is 9.47 Å². The topological polar surface area (TPSA) is 88.5 Å². The van der Waals surface area contributed by atoms with Gasteiger partial charge in [-0.15, -0.1) is 0 Å². The van der Waals surface area contributed by atoms with Crippen LogP contribution in [0.2, 0.25) is 0 Å². The Hall–Kier alpha value is -2.37. The highest BCUT2D eigenvalue weighted by Crippen LogP contribution is 1.97. The third-order valence-electron chi connectivity index (χ3n) is 2.10. The highest BCUT2D eigenvalue weighted by Gasteiger charge is 2.08. The highest BCUT2D eigenvalue weighted by molar-refractivity contribution is 6.04. The lowest BCUT2D eigenvalue weighted by Crippen LogP contribution is -2.31. The number of amidine groups is 1. The predicted molar refractivity (Wildman–Crippen MR) is 67.6 cm³/mol. The molecule has 0 fully saturated rings. The zero-order valence-electron chi connectivity index (χ0n) is 10.6. The van der Waals surface area contributed by atoms with Crippen molar-refractivity contribution in [1.82, 2.24) is 5.32 Å². The third kappa shape index (κ3) is 5.67. The molecule has 0 aliphatic heterocycles. The molecular formula is C13H15N2O4. The summed E-state index contributed by atoms with van der Waals surface area (Å²) >= 11 is 0. The zero-order valence-corrected chi connectivity index (χ0v) is 10.6. The first-order valence-electron chi connectivity index (χ1n) is 5.78. The van der Waals surface area contributed by atoms with Crippen molar-refractivity contribution in [3.63, 3.8) is 0 Å². The Bertz CT molecular complexity index is 445. The molecule has 2 N–H and O–H groups in total. The molecule has 0 saturated carbocycles. The number of benzene rings is 1. The molecule has 1 rings (SSSR count). The van der Waals surface area contributed by atoms with Gasteiger partial charge in [0, 0.05) is 12.0 Å². The molecule has 0 aromatic heterocycles. The molecule has 0 unspecified atom stereocenters. The Labute approximate surface area is 111 Å². The summed E-state index contributed by atoms with van der Waals surface area (Å²) in [7, 11) is 0. The normalized spacial score (nSPS) is 9.53. The Morgan fingerprint density at radius 2 is 2.00 bits per heavy atom. The predicted octanol–water partition coefficient (Wildman–Crippen LogP) is 1.84. The van der Waals surface area contributed by atoms with Gasteiger partial charge in [0.1, 0.15) is 5.84 Å². The van der Waals surface area contributed by atoms with Gasteiger partial charge in [-0.05, 0) is 12.5 Å². The van der Waals surface area contributed by atoms with Crippen molar-refractivity contribution in [3.05, 3.63) is 35.9 Å².